The van der Waals surface area contributed by atoms with Crippen LogP contribution < -0.4 is 21.5 Å². The molecule has 4 atom stereocenters. The van der Waals surface area contributed by atoms with E-state index in [1.807, 2.05) is 48.5 Å². The number of aliphatic hydroxyl groups is 3. The van der Waals surface area contributed by atoms with Crippen LogP contribution in [0.25, 0.3) is 22.3 Å². The Balaban J connectivity index is 1.35. The summed E-state index contributed by atoms with van der Waals surface area (Å²) in [5, 5.41) is 33.7. The van der Waals surface area contributed by atoms with Gasteiger partial charge in [0.25, 0.3) is 0 Å². The second-order valence-electron chi connectivity index (χ2n) is 9.03. The van der Waals surface area contributed by atoms with Crippen molar-refractivity contribution in [3.8, 4) is 16.9 Å². The minimum Gasteiger partial charge on any atom is -0.494 e. The number of fused-ring (bicyclic) bond motifs is 1. The number of benzene rings is 2. The molecule has 1 saturated heterocycles. The lowest BCUT2D eigenvalue weighted by Gasteiger charge is -2.19. The molecular formula is C26H31N7O5. The second kappa shape index (κ2) is 11.3. The highest BCUT2D eigenvalue weighted by atomic mass is 16.6. The van der Waals surface area contributed by atoms with Crippen molar-refractivity contribution in [1.82, 2.24) is 19.5 Å². The molecule has 0 spiro atoms. The van der Waals surface area contributed by atoms with E-state index < -0.39 is 31.1 Å². The third-order valence-corrected chi connectivity index (χ3v) is 6.47. The number of hydrogen-bond acceptors (Lipinski definition) is 11. The van der Waals surface area contributed by atoms with Crippen molar-refractivity contribution in [2.45, 2.75) is 37.5 Å². The van der Waals surface area contributed by atoms with Gasteiger partial charge in [-0.25, -0.2) is 15.0 Å². The van der Waals surface area contributed by atoms with E-state index in [2.05, 4.69) is 20.3 Å². The number of nitrogens with zero attached hydrogens (tertiary/aromatic N) is 4. The van der Waals surface area contributed by atoms with Gasteiger partial charge in [0.15, 0.2) is 23.2 Å². The monoisotopic (exact) mass is 521 g/mol. The highest BCUT2D eigenvalue weighted by molar-refractivity contribution is 5.84. The third kappa shape index (κ3) is 5.12. The van der Waals surface area contributed by atoms with Crippen LogP contribution in [0.1, 0.15) is 18.2 Å². The van der Waals surface area contributed by atoms with Gasteiger partial charge in [0.05, 0.1) is 13.2 Å². The molecule has 2 unspecified atom stereocenters. The molecule has 0 amide bonds. The first-order valence-electron chi connectivity index (χ1n) is 12.4. The lowest BCUT2D eigenvalue weighted by Crippen LogP contribution is -2.33. The molecule has 38 heavy (non-hydrogen) atoms. The van der Waals surface area contributed by atoms with E-state index in [9.17, 15) is 15.3 Å². The van der Waals surface area contributed by atoms with Gasteiger partial charge in [-0.3, -0.25) is 4.57 Å². The van der Waals surface area contributed by atoms with Gasteiger partial charge in [0.1, 0.15) is 30.4 Å². The van der Waals surface area contributed by atoms with Crippen LogP contribution in [0.3, 0.4) is 0 Å². The smallest absolute Gasteiger partial charge is 0.207 e. The highest BCUT2D eigenvalue weighted by Crippen LogP contribution is 2.35. The van der Waals surface area contributed by atoms with Gasteiger partial charge in [-0.05, 0) is 41.8 Å². The zero-order valence-corrected chi connectivity index (χ0v) is 20.6. The number of imidazole rings is 1. The Morgan fingerprint density at radius 1 is 1.05 bits per heavy atom. The average Bonchev–Trinajstić information content (AvgIpc) is 3.45. The highest BCUT2D eigenvalue weighted by Gasteiger charge is 2.45. The van der Waals surface area contributed by atoms with Crippen molar-refractivity contribution >= 4 is 22.9 Å². The molecule has 3 heterocycles. The number of aliphatic hydroxyl groups excluding tert-OH is 3. The minimum atomic E-state index is -1.31. The Morgan fingerprint density at radius 3 is 2.61 bits per heavy atom. The maximum absolute atomic E-state index is 10.6. The molecule has 0 aliphatic carbocycles. The lowest BCUT2D eigenvalue weighted by molar-refractivity contribution is -0.0501. The quantitative estimate of drug-likeness (QED) is 0.164. The van der Waals surface area contributed by atoms with Gasteiger partial charge in [-0.1, -0.05) is 36.4 Å². The summed E-state index contributed by atoms with van der Waals surface area (Å²) in [5.41, 5.74) is 15.3. The number of nitrogen functional groups attached to an aromatic ring is 1. The molecule has 12 heteroatoms. The molecule has 12 nitrogen and oxygen atoms in total. The van der Waals surface area contributed by atoms with Crippen LogP contribution in [0, 0.1) is 0 Å². The molecule has 2 aromatic carbocycles. The summed E-state index contributed by atoms with van der Waals surface area (Å²) >= 11 is 0. The zero-order chi connectivity index (χ0) is 26.6. The first kappa shape index (κ1) is 25.8. The number of aromatic nitrogens is 4. The van der Waals surface area contributed by atoms with E-state index in [-0.39, 0.29) is 5.82 Å². The van der Waals surface area contributed by atoms with Crippen molar-refractivity contribution in [1.29, 1.82) is 0 Å². The SMILES string of the molecule is NCCCOc1cccc(-c2ccc(CNc3nc4c(N)ncnc4n3[C@@H]3O[C@H](CO)C(O)C3O)cc2)c1. The zero-order valence-electron chi connectivity index (χ0n) is 20.6. The van der Waals surface area contributed by atoms with Crippen LogP contribution in [0.15, 0.2) is 54.9 Å². The van der Waals surface area contributed by atoms with Crippen molar-refractivity contribution in [2.75, 3.05) is 30.8 Å². The number of rotatable bonds is 10. The number of anilines is 2. The van der Waals surface area contributed by atoms with E-state index in [1.165, 1.54) is 10.9 Å². The summed E-state index contributed by atoms with van der Waals surface area (Å²) in [6.07, 6.45) is -2.48. The lowest BCUT2D eigenvalue weighted by atomic mass is 10.0. The van der Waals surface area contributed by atoms with Gasteiger partial charge in [0, 0.05) is 6.54 Å². The molecule has 4 aromatic rings. The summed E-state index contributed by atoms with van der Waals surface area (Å²) in [4.78, 5) is 12.8. The predicted octanol–water partition coefficient (Wildman–Crippen LogP) is 1.03. The Bertz CT molecular complexity index is 1380. The average molecular weight is 522 g/mol. The molecule has 1 aliphatic heterocycles. The molecule has 8 N–H and O–H groups in total. The van der Waals surface area contributed by atoms with Gasteiger partial charge >= 0.3 is 0 Å². The van der Waals surface area contributed by atoms with Crippen LogP contribution in [0.4, 0.5) is 11.8 Å². The third-order valence-electron chi connectivity index (χ3n) is 6.47. The summed E-state index contributed by atoms with van der Waals surface area (Å²) in [7, 11) is 0. The van der Waals surface area contributed by atoms with Gasteiger partial charge in [-0.2, -0.15) is 0 Å². The molecule has 0 bridgehead atoms. The molecular weight excluding hydrogens is 490 g/mol. The number of nitrogens with one attached hydrogen (secondary N) is 1. The molecule has 5 rings (SSSR count). The number of hydrogen-bond donors (Lipinski definition) is 6. The van der Waals surface area contributed by atoms with Gasteiger partial charge in [-0.15, -0.1) is 0 Å². The molecule has 200 valence electrons. The fourth-order valence-electron chi connectivity index (χ4n) is 4.42. The predicted molar refractivity (Wildman–Crippen MR) is 141 cm³/mol. The maximum atomic E-state index is 10.6. The fraction of sp³-hybridized carbons (Fsp3) is 0.346. The Labute approximate surface area is 218 Å². The number of nitrogens with two attached hydrogens (primary N) is 2. The van der Waals surface area contributed by atoms with E-state index in [1.54, 1.807) is 0 Å². The normalized spacial score (nSPS) is 21.2. The van der Waals surface area contributed by atoms with Crippen LogP contribution >= 0.6 is 0 Å². The first-order chi connectivity index (χ1) is 18.5. The van der Waals surface area contributed by atoms with Crippen molar-refractivity contribution in [3.05, 3.63) is 60.4 Å². The van der Waals surface area contributed by atoms with E-state index in [0.717, 1.165) is 28.9 Å². The Morgan fingerprint density at radius 2 is 1.87 bits per heavy atom. The summed E-state index contributed by atoms with van der Waals surface area (Å²) in [6, 6.07) is 15.9. The fourth-order valence-corrected chi connectivity index (χ4v) is 4.42. The minimum absolute atomic E-state index is 0.169. The topological polar surface area (TPSA) is 187 Å². The molecule has 2 aromatic heterocycles. The Hall–Kier alpha value is -3.81. The van der Waals surface area contributed by atoms with Crippen LogP contribution in [-0.4, -0.2) is 72.9 Å². The number of ether oxygens (including phenoxy) is 2. The molecule has 0 radical (unpaired) electrons. The Kier molecular flexibility index (Phi) is 7.67. The van der Waals surface area contributed by atoms with E-state index in [4.69, 9.17) is 20.9 Å². The largest absolute Gasteiger partial charge is 0.494 e. The van der Waals surface area contributed by atoms with Crippen LogP contribution in [0.5, 0.6) is 5.75 Å². The van der Waals surface area contributed by atoms with Crippen molar-refractivity contribution in [2.24, 2.45) is 5.73 Å². The van der Waals surface area contributed by atoms with Gasteiger partial charge < -0.3 is 41.6 Å². The van der Waals surface area contributed by atoms with Gasteiger partial charge in [0.2, 0.25) is 5.95 Å². The molecule has 1 fully saturated rings. The summed E-state index contributed by atoms with van der Waals surface area (Å²) in [5.74, 6) is 1.29. The van der Waals surface area contributed by atoms with Crippen molar-refractivity contribution in [3.63, 3.8) is 0 Å². The van der Waals surface area contributed by atoms with E-state index >= 15 is 0 Å². The second-order valence-corrected chi connectivity index (χ2v) is 9.03. The summed E-state index contributed by atoms with van der Waals surface area (Å²) < 4.78 is 13.0. The van der Waals surface area contributed by atoms with Crippen LogP contribution in [-0.2, 0) is 11.3 Å². The molecule has 0 saturated carbocycles. The summed E-state index contributed by atoms with van der Waals surface area (Å²) in [6.45, 7) is 1.12. The molecule has 1 aliphatic rings. The van der Waals surface area contributed by atoms with E-state index in [0.29, 0.717) is 36.8 Å². The maximum Gasteiger partial charge on any atom is 0.207 e. The standard InChI is InChI=1S/C26H31N7O5/c27-9-2-10-37-18-4-1-3-17(11-18)16-7-5-15(6-8-16)12-29-26-32-20-23(28)30-14-31-24(20)33(26)25-22(36)21(35)19(13-34)38-25/h1,3-8,11,14,19,21-22,25,34-36H,2,9-10,12-13,27H2,(H,29,32)(H2,28,30,31)/t19-,21?,22?,25-/m1/s1. The first-order valence-corrected chi connectivity index (χ1v) is 12.4. The van der Waals surface area contributed by atoms with Crippen molar-refractivity contribution < 1.29 is 24.8 Å². The van der Waals surface area contributed by atoms with Crippen LogP contribution in [0.2, 0.25) is 0 Å².